The number of hydrogen-bond donors (Lipinski definition) is 1. The monoisotopic (exact) mass is 332 g/mol. The SMILES string of the molecule is O=c1[nH]nc(-c2cc(Cl)sc2Cl)c2cc(F)c(F)cc12. The van der Waals surface area contributed by atoms with Crippen LogP contribution in [-0.4, -0.2) is 10.2 Å². The molecular weight excluding hydrogens is 329 g/mol. The summed E-state index contributed by atoms with van der Waals surface area (Å²) >= 11 is 13.0. The number of aromatic nitrogens is 2. The highest BCUT2D eigenvalue weighted by Crippen LogP contribution is 2.39. The molecule has 0 radical (unpaired) electrons. The third-order valence-electron chi connectivity index (χ3n) is 2.74. The molecule has 0 fully saturated rings. The fraction of sp³-hybridized carbons (Fsp3) is 0. The highest BCUT2D eigenvalue weighted by atomic mass is 35.5. The van der Waals surface area contributed by atoms with Gasteiger partial charge in [0.1, 0.15) is 10.0 Å². The van der Waals surface area contributed by atoms with Crippen molar-refractivity contribution in [1.29, 1.82) is 0 Å². The Bertz CT molecular complexity index is 891. The van der Waals surface area contributed by atoms with Gasteiger partial charge in [0.2, 0.25) is 0 Å². The van der Waals surface area contributed by atoms with E-state index in [0.717, 1.165) is 23.5 Å². The second kappa shape index (κ2) is 4.80. The van der Waals surface area contributed by atoms with Gasteiger partial charge in [-0.2, -0.15) is 5.10 Å². The molecule has 3 nitrogen and oxygen atoms in total. The van der Waals surface area contributed by atoms with E-state index in [1.54, 1.807) is 6.07 Å². The summed E-state index contributed by atoms with van der Waals surface area (Å²) in [5, 5.41) is 6.25. The first-order valence-electron chi connectivity index (χ1n) is 5.30. The van der Waals surface area contributed by atoms with Crippen LogP contribution in [0.3, 0.4) is 0 Å². The van der Waals surface area contributed by atoms with Crippen LogP contribution in [0.5, 0.6) is 0 Å². The summed E-state index contributed by atoms with van der Waals surface area (Å²) in [4.78, 5) is 11.7. The van der Waals surface area contributed by atoms with E-state index in [2.05, 4.69) is 10.2 Å². The van der Waals surface area contributed by atoms with Gasteiger partial charge in [-0.1, -0.05) is 23.2 Å². The normalized spacial score (nSPS) is 11.2. The van der Waals surface area contributed by atoms with Crippen molar-refractivity contribution >= 4 is 45.3 Å². The van der Waals surface area contributed by atoms with E-state index in [-0.39, 0.29) is 16.5 Å². The number of nitrogens with zero attached hydrogens (tertiary/aromatic N) is 1. The third kappa shape index (κ3) is 2.09. The van der Waals surface area contributed by atoms with Crippen LogP contribution in [0.2, 0.25) is 8.67 Å². The molecule has 102 valence electrons. The van der Waals surface area contributed by atoms with Crippen LogP contribution >= 0.6 is 34.5 Å². The molecule has 2 heterocycles. The van der Waals surface area contributed by atoms with Gasteiger partial charge in [0.25, 0.3) is 5.56 Å². The van der Waals surface area contributed by atoms with Gasteiger partial charge in [0.05, 0.1) is 9.72 Å². The number of H-pyrrole nitrogens is 1. The van der Waals surface area contributed by atoms with E-state index in [9.17, 15) is 13.6 Å². The van der Waals surface area contributed by atoms with Gasteiger partial charge in [-0.3, -0.25) is 4.79 Å². The van der Waals surface area contributed by atoms with Crippen LogP contribution in [0.15, 0.2) is 23.0 Å². The molecule has 0 amide bonds. The minimum atomic E-state index is -1.10. The number of thiophene rings is 1. The number of halogens is 4. The number of fused-ring (bicyclic) bond motifs is 1. The lowest BCUT2D eigenvalue weighted by Crippen LogP contribution is -2.10. The molecule has 0 bridgehead atoms. The zero-order chi connectivity index (χ0) is 14.4. The molecule has 3 aromatic rings. The van der Waals surface area contributed by atoms with Crippen LogP contribution < -0.4 is 5.56 Å². The Kier molecular flexibility index (Phi) is 3.24. The van der Waals surface area contributed by atoms with Crippen molar-refractivity contribution in [1.82, 2.24) is 10.2 Å². The van der Waals surface area contributed by atoms with Gasteiger partial charge in [-0.05, 0) is 18.2 Å². The van der Waals surface area contributed by atoms with E-state index in [1.165, 1.54) is 0 Å². The standard InChI is InChI=1S/C12H4Cl2F2N2OS/c13-9-3-6(11(14)20-9)10-4-1-7(15)8(16)2-5(4)12(19)18-17-10/h1-3H,(H,18,19). The van der Waals surface area contributed by atoms with Gasteiger partial charge in [-0.15, -0.1) is 11.3 Å². The number of hydrogen-bond acceptors (Lipinski definition) is 3. The maximum Gasteiger partial charge on any atom is 0.272 e. The maximum absolute atomic E-state index is 13.4. The van der Waals surface area contributed by atoms with Crippen LogP contribution in [-0.2, 0) is 0 Å². The molecule has 0 spiro atoms. The summed E-state index contributed by atoms with van der Waals surface area (Å²) in [6.45, 7) is 0. The van der Waals surface area contributed by atoms with Crippen LogP contribution in [0.4, 0.5) is 8.78 Å². The second-order valence-corrected chi connectivity index (χ2v) is 6.24. The van der Waals surface area contributed by atoms with E-state index in [0.29, 0.717) is 14.2 Å². The van der Waals surface area contributed by atoms with Crippen LogP contribution in [0, 0.1) is 11.6 Å². The predicted molar refractivity (Wildman–Crippen MR) is 75.6 cm³/mol. The molecular formula is C12H4Cl2F2N2OS. The molecule has 3 rings (SSSR count). The molecule has 0 aliphatic carbocycles. The summed E-state index contributed by atoms with van der Waals surface area (Å²) in [6, 6.07) is 3.30. The summed E-state index contributed by atoms with van der Waals surface area (Å²) in [5.74, 6) is -2.17. The van der Waals surface area contributed by atoms with Crippen molar-refractivity contribution < 1.29 is 8.78 Å². The molecule has 2 aromatic heterocycles. The van der Waals surface area contributed by atoms with E-state index >= 15 is 0 Å². The first-order valence-corrected chi connectivity index (χ1v) is 6.87. The van der Waals surface area contributed by atoms with Gasteiger partial charge in [0.15, 0.2) is 11.6 Å². The van der Waals surface area contributed by atoms with E-state index < -0.39 is 17.2 Å². The molecule has 20 heavy (non-hydrogen) atoms. The second-order valence-electron chi connectivity index (χ2n) is 3.95. The number of aromatic amines is 1. The lowest BCUT2D eigenvalue weighted by atomic mass is 10.1. The quantitative estimate of drug-likeness (QED) is 0.724. The van der Waals surface area contributed by atoms with Gasteiger partial charge < -0.3 is 0 Å². The van der Waals surface area contributed by atoms with Gasteiger partial charge in [-0.25, -0.2) is 13.9 Å². The molecule has 8 heteroatoms. The smallest absolute Gasteiger partial charge is 0.267 e. The average Bonchev–Trinajstić information content (AvgIpc) is 2.71. The number of rotatable bonds is 1. The van der Waals surface area contributed by atoms with Crippen molar-refractivity contribution in [2.75, 3.05) is 0 Å². The molecule has 0 saturated carbocycles. The van der Waals surface area contributed by atoms with E-state index in [1.807, 2.05) is 0 Å². The summed E-state index contributed by atoms with van der Waals surface area (Å²) < 4.78 is 27.4. The molecule has 1 N–H and O–H groups in total. The molecule has 0 atom stereocenters. The average molecular weight is 333 g/mol. The van der Waals surface area contributed by atoms with E-state index in [4.69, 9.17) is 23.2 Å². The Morgan fingerprint density at radius 3 is 2.35 bits per heavy atom. The number of benzene rings is 1. The lowest BCUT2D eigenvalue weighted by Gasteiger charge is -2.04. The molecule has 1 aromatic carbocycles. The fourth-order valence-electron chi connectivity index (χ4n) is 1.86. The summed E-state index contributed by atoms with van der Waals surface area (Å²) in [7, 11) is 0. The Balaban J connectivity index is 2.43. The zero-order valence-corrected chi connectivity index (χ0v) is 11.8. The molecule has 0 saturated heterocycles. The minimum absolute atomic E-state index is 0.00714. The van der Waals surface area contributed by atoms with Crippen LogP contribution in [0.25, 0.3) is 22.0 Å². The first-order chi connectivity index (χ1) is 9.47. The highest BCUT2D eigenvalue weighted by Gasteiger charge is 2.16. The fourth-order valence-corrected chi connectivity index (χ4v) is 3.33. The Labute approximate surface area is 124 Å². The van der Waals surface area contributed by atoms with Crippen molar-refractivity contribution in [2.24, 2.45) is 0 Å². The zero-order valence-electron chi connectivity index (χ0n) is 9.51. The van der Waals surface area contributed by atoms with Crippen molar-refractivity contribution in [3.63, 3.8) is 0 Å². The lowest BCUT2D eigenvalue weighted by molar-refractivity contribution is 0.511. The van der Waals surface area contributed by atoms with Crippen molar-refractivity contribution in [3.05, 3.63) is 48.9 Å². The van der Waals surface area contributed by atoms with Crippen molar-refractivity contribution in [3.8, 4) is 11.3 Å². The highest BCUT2D eigenvalue weighted by molar-refractivity contribution is 7.20. The minimum Gasteiger partial charge on any atom is -0.267 e. The van der Waals surface area contributed by atoms with Gasteiger partial charge in [0, 0.05) is 10.9 Å². The topological polar surface area (TPSA) is 45.8 Å². The molecule has 0 unspecified atom stereocenters. The Hall–Kier alpha value is -1.50. The summed E-state index contributed by atoms with van der Waals surface area (Å²) in [5.41, 5.74) is 0.0840. The third-order valence-corrected chi connectivity index (χ3v) is 4.23. The summed E-state index contributed by atoms with van der Waals surface area (Å²) in [6.07, 6.45) is 0. The largest absolute Gasteiger partial charge is 0.272 e. The molecule has 0 aliphatic heterocycles. The van der Waals surface area contributed by atoms with Gasteiger partial charge >= 0.3 is 0 Å². The Morgan fingerprint density at radius 2 is 1.75 bits per heavy atom. The molecule has 0 aliphatic rings. The van der Waals surface area contributed by atoms with Crippen LogP contribution in [0.1, 0.15) is 0 Å². The predicted octanol–water partition coefficient (Wildman–Crippen LogP) is 4.24. The number of nitrogens with one attached hydrogen (secondary N) is 1. The van der Waals surface area contributed by atoms with Crippen molar-refractivity contribution in [2.45, 2.75) is 0 Å². The Morgan fingerprint density at radius 1 is 1.10 bits per heavy atom. The maximum atomic E-state index is 13.4. The first kappa shape index (κ1) is 13.5.